The third-order valence-electron chi connectivity index (χ3n) is 7.71. The van der Waals surface area contributed by atoms with Crippen molar-refractivity contribution in [3.05, 3.63) is 47.6 Å². The minimum atomic E-state index is -0.00540. The molecule has 0 amide bonds. The van der Waals surface area contributed by atoms with Crippen molar-refractivity contribution in [2.45, 2.75) is 136 Å². The Morgan fingerprint density at radius 1 is 0.762 bits per heavy atom. The van der Waals surface area contributed by atoms with Gasteiger partial charge in [-0.25, -0.2) is 0 Å². The first-order valence-corrected chi connectivity index (χ1v) is 17.2. The Morgan fingerprint density at radius 2 is 1.36 bits per heavy atom. The summed E-state index contributed by atoms with van der Waals surface area (Å²) in [5, 5.41) is 0. The van der Waals surface area contributed by atoms with Gasteiger partial charge in [0, 0.05) is 25.3 Å². The number of ether oxygens (including phenoxy) is 4. The number of benzene rings is 1. The van der Waals surface area contributed by atoms with Crippen LogP contribution >= 0.6 is 0 Å². The van der Waals surface area contributed by atoms with Gasteiger partial charge in [-0.2, -0.15) is 0 Å². The Hall–Kier alpha value is -1.82. The van der Waals surface area contributed by atoms with Gasteiger partial charge in [0.2, 0.25) is 0 Å². The Bertz CT molecular complexity index is 844. The van der Waals surface area contributed by atoms with Gasteiger partial charge in [0.05, 0.1) is 13.2 Å². The van der Waals surface area contributed by atoms with Crippen LogP contribution < -0.4 is 9.47 Å². The fourth-order valence-electron chi connectivity index (χ4n) is 5.19. The van der Waals surface area contributed by atoms with Crippen molar-refractivity contribution in [2.24, 2.45) is 0 Å². The highest BCUT2D eigenvalue weighted by Gasteiger charge is 2.14. The summed E-state index contributed by atoms with van der Waals surface area (Å²) >= 11 is 0. The molecule has 240 valence electrons. The molecule has 1 aromatic rings. The maximum atomic E-state index is 6.28. The van der Waals surface area contributed by atoms with E-state index < -0.39 is 0 Å². The highest BCUT2D eigenvalue weighted by molar-refractivity contribution is 5.47. The van der Waals surface area contributed by atoms with Crippen LogP contribution in [0.5, 0.6) is 11.5 Å². The van der Waals surface area contributed by atoms with Crippen molar-refractivity contribution in [3.8, 4) is 11.5 Å². The fraction of sp³-hybridized carbons (Fsp3) is 0.730. The lowest BCUT2D eigenvalue weighted by molar-refractivity contribution is -0.162. The summed E-state index contributed by atoms with van der Waals surface area (Å²) in [4.78, 5) is 2.19. The highest BCUT2D eigenvalue weighted by Crippen LogP contribution is 2.31. The zero-order chi connectivity index (χ0) is 30.1. The first-order valence-electron chi connectivity index (χ1n) is 17.2. The van der Waals surface area contributed by atoms with Gasteiger partial charge < -0.3 is 23.8 Å². The van der Waals surface area contributed by atoms with Gasteiger partial charge >= 0.3 is 0 Å². The number of rotatable bonds is 25. The van der Waals surface area contributed by atoms with Crippen LogP contribution in [0, 0.1) is 6.92 Å². The van der Waals surface area contributed by atoms with E-state index in [9.17, 15) is 0 Å². The van der Waals surface area contributed by atoms with Gasteiger partial charge in [-0.1, -0.05) is 69.8 Å². The van der Waals surface area contributed by atoms with Crippen molar-refractivity contribution in [1.82, 2.24) is 4.90 Å². The van der Waals surface area contributed by atoms with Crippen LogP contribution in [0.25, 0.3) is 0 Å². The Balaban J connectivity index is 1.59. The minimum Gasteiger partial charge on any atom is -0.493 e. The molecule has 1 atom stereocenters. The molecule has 0 radical (unpaired) electrons. The van der Waals surface area contributed by atoms with Gasteiger partial charge in [0.1, 0.15) is 11.5 Å². The lowest BCUT2D eigenvalue weighted by Gasteiger charge is -2.22. The summed E-state index contributed by atoms with van der Waals surface area (Å²) in [5.74, 6) is 1.91. The van der Waals surface area contributed by atoms with Gasteiger partial charge in [-0.3, -0.25) is 0 Å². The van der Waals surface area contributed by atoms with E-state index in [1.807, 2.05) is 0 Å². The molecule has 0 aromatic heterocycles. The minimum absolute atomic E-state index is 0.00540. The average molecular weight is 586 g/mol. The smallest absolute Gasteiger partial charge is 0.157 e. The molecule has 5 nitrogen and oxygen atoms in total. The molecule has 0 spiro atoms. The molecule has 0 saturated carbocycles. The largest absolute Gasteiger partial charge is 0.493 e. The highest BCUT2D eigenvalue weighted by atomic mass is 16.7. The Labute approximate surface area is 259 Å². The lowest BCUT2D eigenvalue weighted by atomic mass is 10.1. The lowest BCUT2D eigenvalue weighted by Crippen LogP contribution is -2.22. The second kappa shape index (κ2) is 24.6. The van der Waals surface area contributed by atoms with E-state index in [-0.39, 0.29) is 6.29 Å². The van der Waals surface area contributed by atoms with Crippen LogP contribution in [0.3, 0.4) is 0 Å². The standard InChI is InChI=1S/C37H63NO4/c1-5-6-7-8-9-10-11-12-13-14-15-16-17-18-19-21-26-39-35-30-34(32-38(3)4)31-36(33(35)2)40-27-23-24-29-42-37-25-20-22-28-41-37/h9-10,12-13,30-31,37H,5-8,11,14-29,32H2,1-4H3. The first-order chi connectivity index (χ1) is 20.6. The molecule has 0 aliphatic carbocycles. The second-order valence-corrected chi connectivity index (χ2v) is 12.1. The fourth-order valence-corrected chi connectivity index (χ4v) is 5.19. The maximum Gasteiger partial charge on any atom is 0.157 e. The molecule has 0 N–H and O–H groups in total. The van der Waals surface area contributed by atoms with Gasteiger partial charge in [0.15, 0.2) is 6.29 Å². The molecule has 1 aliphatic rings. The monoisotopic (exact) mass is 585 g/mol. The third kappa shape index (κ3) is 18.0. The van der Waals surface area contributed by atoms with Crippen LogP contribution in [-0.4, -0.2) is 51.7 Å². The predicted molar refractivity (Wildman–Crippen MR) is 178 cm³/mol. The second-order valence-electron chi connectivity index (χ2n) is 12.1. The Kier molecular flexibility index (Phi) is 21.3. The van der Waals surface area contributed by atoms with E-state index in [0.29, 0.717) is 6.61 Å². The van der Waals surface area contributed by atoms with Crippen LogP contribution in [0.1, 0.15) is 127 Å². The summed E-state index contributed by atoms with van der Waals surface area (Å²) in [6, 6.07) is 4.37. The molecule has 42 heavy (non-hydrogen) atoms. The van der Waals surface area contributed by atoms with Crippen molar-refractivity contribution < 1.29 is 18.9 Å². The zero-order valence-electron chi connectivity index (χ0n) is 27.7. The summed E-state index contributed by atoms with van der Waals surface area (Å²) < 4.78 is 24.0. The average Bonchev–Trinajstić information content (AvgIpc) is 2.98. The van der Waals surface area contributed by atoms with Gasteiger partial charge in [-0.15, -0.1) is 0 Å². The maximum absolute atomic E-state index is 6.28. The molecule has 5 heteroatoms. The van der Waals surface area contributed by atoms with Crippen molar-refractivity contribution in [3.63, 3.8) is 0 Å². The van der Waals surface area contributed by atoms with Crippen LogP contribution in [-0.2, 0) is 16.0 Å². The molecule has 1 unspecified atom stereocenters. The molecular weight excluding hydrogens is 522 g/mol. The van der Waals surface area contributed by atoms with E-state index in [1.165, 1.54) is 76.2 Å². The molecule has 2 rings (SSSR count). The number of nitrogens with zero attached hydrogens (tertiary/aromatic N) is 1. The van der Waals surface area contributed by atoms with E-state index in [0.717, 1.165) is 82.0 Å². The summed E-state index contributed by atoms with van der Waals surface area (Å²) in [5.41, 5.74) is 2.33. The molecule has 1 saturated heterocycles. The van der Waals surface area contributed by atoms with E-state index >= 15 is 0 Å². The van der Waals surface area contributed by atoms with Crippen LogP contribution in [0.2, 0.25) is 0 Å². The molecule has 1 aliphatic heterocycles. The van der Waals surface area contributed by atoms with Gasteiger partial charge in [0.25, 0.3) is 0 Å². The summed E-state index contributed by atoms with van der Waals surface area (Å²) in [6.07, 6.45) is 29.7. The predicted octanol–water partition coefficient (Wildman–Crippen LogP) is 9.95. The van der Waals surface area contributed by atoms with E-state index in [2.05, 4.69) is 69.3 Å². The molecule has 0 bridgehead atoms. The van der Waals surface area contributed by atoms with Crippen molar-refractivity contribution in [2.75, 3.05) is 40.5 Å². The molecule has 1 heterocycles. The molecule has 1 aromatic carbocycles. The van der Waals surface area contributed by atoms with Crippen molar-refractivity contribution in [1.29, 1.82) is 0 Å². The SMILES string of the molecule is CCCCCC=CCC=CCCCCCCCCOc1cc(CN(C)C)cc(OCCCCOC2CCCCO2)c1C. The zero-order valence-corrected chi connectivity index (χ0v) is 27.7. The van der Waals surface area contributed by atoms with Gasteiger partial charge in [-0.05, 0) is 109 Å². The first kappa shape index (κ1) is 36.4. The third-order valence-corrected chi connectivity index (χ3v) is 7.71. The normalized spacial score (nSPS) is 15.8. The number of unbranched alkanes of at least 4 members (excludes halogenated alkanes) is 10. The van der Waals surface area contributed by atoms with Crippen LogP contribution in [0.4, 0.5) is 0 Å². The van der Waals surface area contributed by atoms with E-state index in [4.69, 9.17) is 18.9 Å². The number of hydrogen-bond acceptors (Lipinski definition) is 5. The topological polar surface area (TPSA) is 40.2 Å². The number of allylic oxidation sites excluding steroid dienone is 4. The Morgan fingerprint density at radius 3 is 1.98 bits per heavy atom. The quantitative estimate of drug-likeness (QED) is 0.0843. The van der Waals surface area contributed by atoms with Crippen molar-refractivity contribution >= 4 is 0 Å². The summed E-state index contributed by atoms with van der Waals surface area (Å²) in [7, 11) is 4.20. The van der Waals surface area contributed by atoms with Crippen LogP contribution in [0.15, 0.2) is 36.4 Å². The number of hydrogen-bond donors (Lipinski definition) is 0. The molecule has 1 fully saturated rings. The molecular formula is C37H63NO4. The summed E-state index contributed by atoms with van der Waals surface area (Å²) in [6.45, 7) is 8.26. The van der Waals surface area contributed by atoms with E-state index in [1.54, 1.807) is 0 Å².